The van der Waals surface area contributed by atoms with Crippen molar-refractivity contribution in [3.8, 4) is 0 Å². The van der Waals surface area contributed by atoms with E-state index in [0.717, 1.165) is 35.5 Å². The summed E-state index contributed by atoms with van der Waals surface area (Å²) in [6.07, 6.45) is 22.5. The molecule has 0 saturated heterocycles. The molecule has 8 fully saturated rings. The Morgan fingerprint density at radius 1 is 0.607 bits per heavy atom. The zero-order valence-corrected chi connectivity index (χ0v) is 18.6. The molecule has 1 aromatic rings. The zero-order valence-electron chi connectivity index (χ0n) is 16.9. The van der Waals surface area contributed by atoms with Crippen molar-refractivity contribution in [1.29, 1.82) is 0 Å². The maximum Gasteiger partial charge on any atom is 0.0415 e. The molecule has 1 heterocycles. The molecule has 0 N–H and O–H groups in total. The highest BCUT2D eigenvalue weighted by Gasteiger charge is 2.53. The Hall–Kier alpha value is -0.150. The molecular weight excluding hydrogens is 378 g/mol. The second-order valence-corrected chi connectivity index (χ2v) is 14.7. The molecule has 3 heteroatoms. The third kappa shape index (κ3) is 2.85. The van der Waals surface area contributed by atoms with Gasteiger partial charge in [-0.15, -0.1) is 23.5 Å². The van der Waals surface area contributed by atoms with E-state index in [1.54, 1.807) is 43.4 Å². The fourth-order valence-electron chi connectivity index (χ4n) is 9.31. The Kier molecular flexibility index (Phi) is 3.87. The van der Waals surface area contributed by atoms with Gasteiger partial charge in [-0.2, -0.15) is 0 Å². The van der Waals surface area contributed by atoms with Crippen molar-refractivity contribution in [3.05, 3.63) is 18.5 Å². The van der Waals surface area contributed by atoms with E-state index in [-0.39, 0.29) is 0 Å². The van der Waals surface area contributed by atoms with Gasteiger partial charge in [-0.3, -0.25) is 4.98 Å². The van der Waals surface area contributed by atoms with Crippen LogP contribution in [0, 0.1) is 35.5 Å². The first-order chi connectivity index (χ1) is 13.6. The van der Waals surface area contributed by atoms with Gasteiger partial charge in [-0.1, -0.05) is 0 Å². The first-order valence-corrected chi connectivity index (χ1v) is 13.6. The van der Waals surface area contributed by atoms with E-state index in [9.17, 15) is 0 Å². The third-order valence-corrected chi connectivity index (χ3v) is 12.5. The number of nitrogens with zero attached hydrogens (tertiary/aromatic N) is 1. The maximum atomic E-state index is 4.60. The SMILES string of the molecule is c1cc(SC23CC4CC(CC(C4)C2)C3)c(SC23CC4CC(CC(C4)C2)C3)cn1. The van der Waals surface area contributed by atoms with Crippen LogP contribution >= 0.6 is 23.5 Å². The standard InChI is InChI=1S/C25H33NS2/c1-2-26-15-23(28-25-12-19-6-20(13-25)8-21(7-19)14-25)22(1)27-24-9-16-3-17(10-24)5-18(4-16)11-24/h1-2,15-21H,3-14H2. The fraction of sp³-hybridized carbons (Fsp3) is 0.800. The molecule has 9 rings (SSSR count). The molecule has 0 aliphatic heterocycles. The van der Waals surface area contributed by atoms with Gasteiger partial charge < -0.3 is 0 Å². The largest absolute Gasteiger partial charge is 0.263 e. The molecule has 0 spiro atoms. The molecular formula is C25H33NS2. The molecule has 28 heavy (non-hydrogen) atoms. The lowest BCUT2D eigenvalue weighted by atomic mass is 9.56. The topological polar surface area (TPSA) is 12.9 Å². The van der Waals surface area contributed by atoms with E-state index >= 15 is 0 Å². The van der Waals surface area contributed by atoms with Gasteiger partial charge >= 0.3 is 0 Å². The summed E-state index contributed by atoms with van der Waals surface area (Å²) in [4.78, 5) is 7.72. The predicted octanol–water partition coefficient (Wildman–Crippen LogP) is 7.20. The van der Waals surface area contributed by atoms with Crippen molar-refractivity contribution in [2.45, 2.75) is 96.3 Å². The van der Waals surface area contributed by atoms with Crippen molar-refractivity contribution in [3.63, 3.8) is 0 Å². The van der Waals surface area contributed by atoms with E-state index < -0.39 is 0 Å². The summed E-state index contributed by atoms with van der Waals surface area (Å²) in [7, 11) is 0. The summed E-state index contributed by atoms with van der Waals surface area (Å²) in [5.41, 5.74) is 0. The van der Waals surface area contributed by atoms with Gasteiger partial charge in [0, 0.05) is 31.7 Å². The molecule has 8 aliphatic carbocycles. The molecule has 8 bridgehead atoms. The van der Waals surface area contributed by atoms with Gasteiger partial charge in [0.25, 0.3) is 0 Å². The van der Waals surface area contributed by atoms with Gasteiger partial charge in [-0.05, 0) is 119 Å². The number of pyridine rings is 1. The summed E-state index contributed by atoms with van der Waals surface area (Å²) >= 11 is 4.57. The molecule has 0 unspecified atom stereocenters. The normalized spacial score (nSPS) is 50.4. The highest BCUT2D eigenvalue weighted by atomic mass is 32.2. The second-order valence-electron chi connectivity index (χ2n) is 11.7. The molecule has 150 valence electrons. The lowest BCUT2D eigenvalue weighted by molar-refractivity contribution is 0.0378. The van der Waals surface area contributed by atoms with E-state index in [2.05, 4.69) is 47.0 Å². The number of rotatable bonds is 4. The number of aromatic nitrogens is 1. The molecule has 0 amide bonds. The first kappa shape index (κ1) is 17.5. The van der Waals surface area contributed by atoms with Crippen LogP contribution in [0.3, 0.4) is 0 Å². The molecule has 8 aliphatic rings. The van der Waals surface area contributed by atoms with Crippen LogP contribution in [0.15, 0.2) is 28.3 Å². The van der Waals surface area contributed by atoms with E-state index in [0.29, 0.717) is 9.49 Å². The van der Waals surface area contributed by atoms with Gasteiger partial charge in [0.15, 0.2) is 0 Å². The van der Waals surface area contributed by atoms with Crippen molar-refractivity contribution in [1.82, 2.24) is 4.98 Å². The summed E-state index contributed by atoms with van der Waals surface area (Å²) in [5, 5.41) is 0. The monoisotopic (exact) mass is 411 g/mol. The molecule has 1 nitrogen and oxygen atoms in total. The summed E-state index contributed by atoms with van der Waals surface area (Å²) in [5.74, 6) is 6.23. The average Bonchev–Trinajstić information content (AvgIpc) is 2.60. The van der Waals surface area contributed by atoms with Gasteiger partial charge in [-0.25, -0.2) is 0 Å². The molecule has 0 radical (unpaired) electrons. The van der Waals surface area contributed by atoms with Crippen LogP contribution < -0.4 is 0 Å². The molecule has 0 atom stereocenters. The number of hydrogen-bond acceptors (Lipinski definition) is 3. The van der Waals surface area contributed by atoms with Crippen LogP contribution in [0.5, 0.6) is 0 Å². The predicted molar refractivity (Wildman–Crippen MR) is 118 cm³/mol. The Morgan fingerprint density at radius 2 is 1.00 bits per heavy atom. The Balaban J connectivity index is 1.17. The number of hydrogen-bond donors (Lipinski definition) is 0. The molecule has 0 aromatic carbocycles. The van der Waals surface area contributed by atoms with Crippen molar-refractivity contribution in [2.24, 2.45) is 35.5 Å². The van der Waals surface area contributed by atoms with Gasteiger partial charge in [0.1, 0.15) is 0 Å². The van der Waals surface area contributed by atoms with Crippen molar-refractivity contribution in [2.75, 3.05) is 0 Å². The zero-order chi connectivity index (χ0) is 18.3. The molecule has 8 saturated carbocycles. The van der Waals surface area contributed by atoms with Crippen LogP contribution in [0.1, 0.15) is 77.0 Å². The van der Waals surface area contributed by atoms with Crippen LogP contribution in [-0.2, 0) is 0 Å². The second kappa shape index (κ2) is 6.19. The van der Waals surface area contributed by atoms with Gasteiger partial charge in [0.2, 0.25) is 0 Å². The smallest absolute Gasteiger partial charge is 0.0415 e. The third-order valence-electron chi connectivity index (χ3n) is 9.36. The fourth-order valence-corrected chi connectivity index (χ4v) is 13.0. The van der Waals surface area contributed by atoms with Crippen LogP contribution in [0.25, 0.3) is 0 Å². The highest BCUT2D eigenvalue weighted by molar-refractivity contribution is 8.03. The number of thioether (sulfide) groups is 2. The van der Waals surface area contributed by atoms with E-state index in [1.807, 2.05) is 0 Å². The quantitative estimate of drug-likeness (QED) is 0.520. The van der Waals surface area contributed by atoms with Crippen molar-refractivity contribution < 1.29 is 0 Å². The minimum atomic E-state index is 0.550. The lowest BCUT2D eigenvalue weighted by Crippen LogP contribution is -2.49. The Morgan fingerprint density at radius 3 is 1.43 bits per heavy atom. The summed E-state index contributed by atoms with van der Waals surface area (Å²) in [6.45, 7) is 0. The minimum Gasteiger partial charge on any atom is -0.263 e. The minimum absolute atomic E-state index is 0.550. The Bertz CT molecular complexity index is 651. The molecule has 1 aromatic heterocycles. The summed E-state index contributed by atoms with van der Waals surface area (Å²) < 4.78 is 1.11. The summed E-state index contributed by atoms with van der Waals surface area (Å²) in [6, 6.07) is 2.37. The van der Waals surface area contributed by atoms with E-state index in [4.69, 9.17) is 0 Å². The van der Waals surface area contributed by atoms with Crippen molar-refractivity contribution >= 4 is 23.5 Å². The Labute approximate surface area is 178 Å². The average molecular weight is 412 g/mol. The van der Waals surface area contributed by atoms with Crippen LogP contribution in [-0.4, -0.2) is 14.5 Å². The lowest BCUT2D eigenvalue weighted by Gasteiger charge is -2.57. The maximum absolute atomic E-state index is 4.60. The first-order valence-electron chi connectivity index (χ1n) is 12.0. The van der Waals surface area contributed by atoms with Crippen LogP contribution in [0.4, 0.5) is 0 Å². The highest BCUT2D eigenvalue weighted by Crippen LogP contribution is 2.65. The van der Waals surface area contributed by atoms with Gasteiger partial charge in [0.05, 0.1) is 0 Å². The van der Waals surface area contributed by atoms with Crippen LogP contribution in [0.2, 0.25) is 0 Å². The van der Waals surface area contributed by atoms with E-state index in [1.165, 1.54) is 43.4 Å².